The van der Waals surface area contributed by atoms with Crippen LogP contribution in [0.4, 0.5) is 24.9 Å². The molecule has 12 heteroatoms. The van der Waals surface area contributed by atoms with Crippen LogP contribution < -0.4 is 15.9 Å². The number of aromatic nitrogens is 4. The second kappa shape index (κ2) is 8.48. The van der Waals surface area contributed by atoms with Gasteiger partial charge in [0.2, 0.25) is 5.95 Å². The van der Waals surface area contributed by atoms with Crippen LogP contribution in [0.15, 0.2) is 29.1 Å². The van der Waals surface area contributed by atoms with Crippen molar-refractivity contribution >= 4 is 44.4 Å². The molecule has 5 heterocycles. The first-order chi connectivity index (χ1) is 17.2. The van der Waals surface area contributed by atoms with E-state index < -0.39 is 12.6 Å². The first-order valence-electron chi connectivity index (χ1n) is 11.9. The summed E-state index contributed by atoms with van der Waals surface area (Å²) in [5.74, 6) is 1.14. The van der Waals surface area contributed by atoms with E-state index in [2.05, 4.69) is 35.1 Å². The summed E-state index contributed by atoms with van der Waals surface area (Å²) in [6.45, 7) is 4.35. The third kappa shape index (κ3) is 4.43. The number of thiophene rings is 1. The highest BCUT2D eigenvalue weighted by molar-refractivity contribution is 7.18. The molecule has 3 N–H and O–H groups in total. The Morgan fingerprint density at radius 2 is 1.92 bits per heavy atom. The number of H-pyrrole nitrogens is 2. The molecule has 36 heavy (non-hydrogen) atoms. The highest BCUT2D eigenvalue weighted by atomic mass is 32.1. The molecule has 190 valence electrons. The highest BCUT2D eigenvalue weighted by Crippen LogP contribution is 2.43. The Labute approximate surface area is 208 Å². The normalized spacial score (nSPS) is 20.9. The zero-order valence-corrected chi connectivity index (χ0v) is 20.5. The number of hydrogen-bond donors (Lipinski definition) is 3. The van der Waals surface area contributed by atoms with E-state index in [1.807, 2.05) is 18.2 Å². The lowest BCUT2D eigenvalue weighted by Crippen LogP contribution is -2.31. The Balaban J connectivity index is 1.20. The van der Waals surface area contributed by atoms with Crippen molar-refractivity contribution in [3.63, 3.8) is 0 Å². The Hall–Kier alpha value is -3.12. The summed E-state index contributed by atoms with van der Waals surface area (Å²) in [7, 11) is 1.72. The van der Waals surface area contributed by atoms with Gasteiger partial charge in [0.15, 0.2) is 0 Å². The molecule has 3 aromatic heterocycles. The van der Waals surface area contributed by atoms with Gasteiger partial charge >= 0.3 is 11.9 Å². The predicted octanol–water partition coefficient (Wildman–Crippen LogP) is 4.11. The van der Waals surface area contributed by atoms with Gasteiger partial charge in [0.1, 0.15) is 10.6 Å². The molecule has 4 aromatic rings. The van der Waals surface area contributed by atoms with E-state index in [9.17, 15) is 18.0 Å². The van der Waals surface area contributed by atoms with Crippen molar-refractivity contribution in [2.45, 2.75) is 32.0 Å². The average Bonchev–Trinajstić information content (AvgIpc) is 3.58. The van der Waals surface area contributed by atoms with Gasteiger partial charge < -0.3 is 20.2 Å². The fourth-order valence-corrected chi connectivity index (χ4v) is 6.70. The number of imidazole rings is 1. The zero-order valence-electron chi connectivity index (χ0n) is 19.7. The monoisotopic (exact) mass is 517 g/mol. The van der Waals surface area contributed by atoms with Crippen molar-refractivity contribution in [3.05, 3.63) is 45.2 Å². The molecular weight excluding hydrogens is 491 g/mol. The smallest absolute Gasteiger partial charge is 0.357 e. The molecule has 6 rings (SSSR count). The Kier molecular flexibility index (Phi) is 5.48. The molecule has 0 amide bonds. The molecule has 8 nitrogen and oxygen atoms in total. The molecular formula is C24H26F3N7OS. The van der Waals surface area contributed by atoms with E-state index in [0.29, 0.717) is 22.0 Å². The summed E-state index contributed by atoms with van der Waals surface area (Å²) in [4.78, 5) is 31.7. The van der Waals surface area contributed by atoms with E-state index in [0.717, 1.165) is 73.5 Å². The van der Waals surface area contributed by atoms with E-state index >= 15 is 0 Å². The van der Waals surface area contributed by atoms with Gasteiger partial charge in [0.25, 0.3) is 0 Å². The second-order valence-electron chi connectivity index (χ2n) is 9.94. The number of aromatic amines is 2. The van der Waals surface area contributed by atoms with E-state index in [4.69, 9.17) is 0 Å². The predicted molar refractivity (Wildman–Crippen MR) is 135 cm³/mol. The summed E-state index contributed by atoms with van der Waals surface area (Å²) in [5.41, 5.74) is 2.68. The molecule has 1 aromatic carbocycles. The highest BCUT2D eigenvalue weighted by Gasteiger charge is 2.44. The van der Waals surface area contributed by atoms with Crippen LogP contribution in [0.1, 0.15) is 23.3 Å². The largest absolute Gasteiger partial charge is 0.393 e. The standard InChI is InChI=1S/C24H26F3N7OS/c1-28-21-31-19(16-9-15(10-24(25,26)27)36-20(16)32-21)34-7-5-23(13-34)4-6-33(12-23)11-14-2-3-17-18(8-14)30-22(35)29-17/h2-3,8-9H,4-7,10-13H2,1H3,(H,28,31,32)(H2,29,30,35). The van der Waals surface area contributed by atoms with Gasteiger partial charge in [0, 0.05) is 43.5 Å². The number of rotatable bonds is 5. The van der Waals surface area contributed by atoms with Crippen LogP contribution in [-0.2, 0) is 13.0 Å². The number of benzene rings is 1. The Morgan fingerprint density at radius 1 is 1.11 bits per heavy atom. The molecule has 0 bridgehead atoms. The summed E-state index contributed by atoms with van der Waals surface area (Å²) in [5, 5.41) is 3.65. The molecule has 0 radical (unpaired) electrons. The number of fused-ring (bicyclic) bond motifs is 2. The van der Waals surface area contributed by atoms with Gasteiger partial charge in [-0.25, -0.2) is 9.78 Å². The van der Waals surface area contributed by atoms with Crippen molar-refractivity contribution < 1.29 is 13.2 Å². The maximum atomic E-state index is 13.0. The molecule has 2 saturated heterocycles. The molecule has 1 atom stereocenters. The average molecular weight is 518 g/mol. The van der Waals surface area contributed by atoms with Crippen molar-refractivity contribution in [3.8, 4) is 0 Å². The summed E-state index contributed by atoms with van der Waals surface area (Å²) >= 11 is 1.08. The Bertz CT molecular complexity index is 1490. The van der Waals surface area contributed by atoms with Crippen molar-refractivity contribution in [2.24, 2.45) is 5.41 Å². The maximum Gasteiger partial charge on any atom is 0.393 e. The van der Waals surface area contributed by atoms with E-state index in [1.54, 1.807) is 13.1 Å². The van der Waals surface area contributed by atoms with Crippen LogP contribution in [0.3, 0.4) is 0 Å². The third-order valence-corrected chi connectivity index (χ3v) is 8.29. The Morgan fingerprint density at radius 3 is 2.72 bits per heavy atom. The van der Waals surface area contributed by atoms with Gasteiger partial charge in [-0.15, -0.1) is 11.3 Å². The third-order valence-electron chi connectivity index (χ3n) is 7.26. The van der Waals surface area contributed by atoms with Crippen LogP contribution in [0.25, 0.3) is 21.3 Å². The van der Waals surface area contributed by atoms with Crippen molar-refractivity contribution in [2.75, 3.05) is 43.4 Å². The topological polar surface area (TPSA) is 92.9 Å². The minimum Gasteiger partial charge on any atom is -0.357 e. The SMILES string of the molecule is CNc1nc(N2CCC3(CCN(Cc4ccc5[nH]c(=O)[nH]c5c4)C3)C2)c2cc(CC(F)(F)F)sc2n1. The first kappa shape index (κ1) is 23.3. The summed E-state index contributed by atoms with van der Waals surface area (Å²) in [6, 6.07) is 7.60. The molecule has 0 saturated carbocycles. The van der Waals surface area contributed by atoms with E-state index in [-0.39, 0.29) is 16.0 Å². The fourth-order valence-electron chi connectivity index (χ4n) is 5.64. The lowest BCUT2D eigenvalue weighted by atomic mass is 9.86. The maximum absolute atomic E-state index is 13.0. The quantitative estimate of drug-likeness (QED) is 0.369. The molecule has 2 fully saturated rings. The summed E-state index contributed by atoms with van der Waals surface area (Å²) < 4.78 is 39.0. The van der Waals surface area contributed by atoms with Gasteiger partial charge in [-0.05, 0) is 43.1 Å². The van der Waals surface area contributed by atoms with Crippen LogP contribution in [0.2, 0.25) is 0 Å². The first-order valence-corrected chi connectivity index (χ1v) is 12.7. The van der Waals surface area contributed by atoms with Crippen molar-refractivity contribution in [1.29, 1.82) is 0 Å². The number of hydrogen-bond acceptors (Lipinski definition) is 7. The summed E-state index contributed by atoms with van der Waals surface area (Å²) in [6.07, 6.45) is -3.15. The number of halogens is 3. The molecule has 1 spiro atoms. The molecule has 0 aliphatic carbocycles. The van der Waals surface area contributed by atoms with Gasteiger partial charge in [-0.1, -0.05) is 6.07 Å². The van der Waals surface area contributed by atoms with Crippen LogP contribution in [0.5, 0.6) is 0 Å². The van der Waals surface area contributed by atoms with Gasteiger partial charge in [0.05, 0.1) is 22.8 Å². The number of likely N-dealkylation sites (tertiary alicyclic amines) is 1. The second-order valence-corrected chi connectivity index (χ2v) is 11.1. The van der Waals surface area contributed by atoms with Gasteiger partial charge in [-0.2, -0.15) is 18.2 Å². The number of nitrogens with one attached hydrogen (secondary N) is 3. The van der Waals surface area contributed by atoms with Crippen LogP contribution in [-0.4, -0.2) is 64.2 Å². The van der Waals surface area contributed by atoms with Gasteiger partial charge in [-0.3, -0.25) is 4.90 Å². The van der Waals surface area contributed by atoms with Crippen LogP contribution >= 0.6 is 11.3 Å². The molecule has 2 aliphatic heterocycles. The number of anilines is 2. The minimum absolute atomic E-state index is 0.119. The zero-order chi connectivity index (χ0) is 25.1. The lowest BCUT2D eigenvalue weighted by molar-refractivity contribution is -0.126. The molecule has 2 aliphatic rings. The number of alkyl halides is 3. The lowest BCUT2D eigenvalue weighted by Gasteiger charge is -2.25. The van der Waals surface area contributed by atoms with Crippen LogP contribution in [0, 0.1) is 5.41 Å². The fraction of sp³-hybridized carbons (Fsp3) is 0.458. The number of nitrogens with zero attached hydrogens (tertiary/aromatic N) is 4. The molecule has 1 unspecified atom stereocenters. The van der Waals surface area contributed by atoms with Crippen molar-refractivity contribution in [1.82, 2.24) is 24.8 Å². The minimum atomic E-state index is -4.26. The van der Waals surface area contributed by atoms with E-state index in [1.165, 1.54) is 0 Å².